The monoisotopic (exact) mass is 143 g/mol. The molecule has 0 unspecified atom stereocenters. The van der Waals surface area contributed by atoms with Gasteiger partial charge in [-0.15, -0.1) is 0 Å². The lowest BCUT2D eigenvalue weighted by molar-refractivity contribution is -0.140. The number of amides is 1. The number of nitrogens with one attached hydrogen (secondary N) is 1. The number of carbonyl (C=O) groups is 2. The Morgan fingerprint density at radius 1 is 1.70 bits per heavy atom. The number of carbonyl (C=O) groups excluding carboxylic acids is 1. The van der Waals surface area contributed by atoms with Gasteiger partial charge in [0.15, 0.2) is 0 Å². The van der Waals surface area contributed by atoms with Crippen LogP contribution in [-0.2, 0) is 9.59 Å². The number of carboxylic acid groups (broad SMARTS) is 1. The molecule has 0 aliphatic carbocycles. The molecule has 1 atom stereocenters. The van der Waals surface area contributed by atoms with Gasteiger partial charge in [-0.1, -0.05) is 6.58 Å². The van der Waals surface area contributed by atoms with Crippen LogP contribution >= 0.6 is 0 Å². The average molecular weight is 143 g/mol. The van der Waals surface area contributed by atoms with Crippen molar-refractivity contribution in [3.63, 3.8) is 0 Å². The van der Waals surface area contributed by atoms with Crippen molar-refractivity contribution in [3.8, 4) is 0 Å². The van der Waals surface area contributed by atoms with Crippen molar-refractivity contribution in [2.24, 2.45) is 0 Å². The summed E-state index contributed by atoms with van der Waals surface area (Å²) in [5.41, 5.74) is 0. The Kier molecular flexibility index (Phi) is 3.17. The SMILES string of the molecule is C=CC(=O)N[C@@H](C)C(=O)O. The van der Waals surface area contributed by atoms with Crippen molar-refractivity contribution in [2.75, 3.05) is 0 Å². The first-order valence-corrected chi connectivity index (χ1v) is 2.73. The molecule has 0 saturated heterocycles. The molecule has 0 saturated carbocycles. The molecule has 0 aromatic rings. The summed E-state index contributed by atoms with van der Waals surface area (Å²) in [5, 5.41) is 10.4. The second-order valence-electron chi connectivity index (χ2n) is 1.77. The third kappa shape index (κ3) is 2.86. The van der Waals surface area contributed by atoms with Gasteiger partial charge in [0.2, 0.25) is 5.91 Å². The van der Waals surface area contributed by atoms with E-state index in [-0.39, 0.29) is 0 Å². The molecule has 0 aliphatic heterocycles. The van der Waals surface area contributed by atoms with Gasteiger partial charge < -0.3 is 10.4 Å². The minimum Gasteiger partial charge on any atom is -0.480 e. The van der Waals surface area contributed by atoms with Crippen molar-refractivity contribution < 1.29 is 14.7 Å². The van der Waals surface area contributed by atoms with Gasteiger partial charge in [-0.05, 0) is 13.0 Å². The molecule has 10 heavy (non-hydrogen) atoms. The zero-order valence-electron chi connectivity index (χ0n) is 5.63. The van der Waals surface area contributed by atoms with Gasteiger partial charge in [0, 0.05) is 0 Å². The fourth-order valence-corrected chi connectivity index (χ4v) is 0.334. The van der Waals surface area contributed by atoms with E-state index in [4.69, 9.17) is 5.11 Å². The highest BCUT2D eigenvalue weighted by atomic mass is 16.4. The zero-order chi connectivity index (χ0) is 8.15. The Hall–Kier alpha value is -1.32. The lowest BCUT2D eigenvalue weighted by Gasteiger charge is -2.04. The molecule has 1 amide bonds. The molecule has 0 rings (SSSR count). The molecule has 56 valence electrons. The molecule has 4 heteroatoms. The maximum atomic E-state index is 10.4. The first-order chi connectivity index (χ1) is 4.57. The highest BCUT2D eigenvalue weighted by Gasteiger charge is 2.10. The number of carboxylic acids is 1. The molecule has 0 aromatic heterocycles. The van der Waals surface area contributed by atoms with Gasteiger partial charge in [-0.2, -0.15) is 0 Å². The fourth-order valence-electron chi connectivity index (χ4n) is 0.334. The van der Waals surface area contributed by atoms with Gasteiger partial charge >= 0.3 is 5.97 Å². The van der Waals surface area contributed by atoms with Crippen molar-refractivity contribution in [1.29, 1.82) is 0 Å². The van der Waals surface area contributed by atoms with E-state index in [0.29, 0.717) is 0 Å². The molecule has 0 fully saturated rings. The van der Waals surface area contributed by atoms with Crippen LogP contribution in [0, 0.1) is 0 Å². The van der Waals surface area contributed by atoms with Crippen LogP contribution in [0.4, 0.5) is 0 Å². The molecular formula is C6H9NO3. The van der Waals surface area contributed by atoms with Gasteiger partial charge in [0.1, 0.15) is 6.04 Å². The second kappa shape index (κ2) is 3.66. The Balaban J connectivity index is 3.79. The lowest BCUT2D eigenvalue weighted by Crippen LogP contribution is -2.37. The quantitative estimate of drug-likeness (QED) is 0.536. The summed E-state index contributed by atoms with van der Waals surface area (Å²) in [6.45, 7) is 4.55. The number of aliphatic carboxylic acids is 1. The molecule has 0 aromatic carbocycles. The summed E-state index contributed by atoms with van der Waals surface area (Å²) < 4.78 is 0. The number of hydrogen-bond donors (Lipinski definition) is 2. The van der Waals surface area contributed by atoms with E-state index in [1.165, 1.54) is 6.92 Å². The predicted octanol–water partition coefficient (Wildman–Crippen LogP) is -0.238. The summed E-state index contributed by atoms with van der Waals surface area (Å²) in [6.07, 6.45) is 1.03. The van der Waals surface area contributed by atoms with Crippen LogP contribution in [0.25, 0.3) is 0 Å². The van der Waals surface area contributed by atoms with E-state index < -0.39 is 17.9 Å². The van der Waals surface area contributed by atoms with E-state index in [1.807, 2.05) is 0 Å². The minimum atomic E-state index is -1.06. The topological polar surface area (TPSA) is 66.4 Å². The summed E-state index contributed by atoms with van der Waals surface area (Å²) >= 11 is 0. The maximum absolute atomic E-state index is 10.4. The van der Waals surface area contributed by atoms with Crippen LogP contribution in [0.15, 0.2) is 12.7 Å². The summed E-state index contributed by atoms with van der Waals surface area (Å²) in [7, 11) is 0. The van der Waals surface area contributed by atoms with Crippen LogP contribution in [0.3, 0.4) is 0 Å². The lowest BCUT2D eigenvalue weighted by atomic mass is 10.3. The van der Waals surface area contributed by atoms with Crippen molar-refractivity contribution in [1.82, 2.24) is 5.32 Å². The molecule has 0 bridgehead atoms. The third-order valence-corrected chi connectivity index (χ3v) is 0.915. The molecule has 0 radical (unpaired) electrons. The largest absolute Gasteiger partial charge is 0.480 e. The predicted molar refractivity (Wildman–Crippen MR) is 35.4 cm³/mol. The van der Waals surface area contributed by atoms with Gasteiger partial charge in [-0.25, -0.2) is 0 Å². The van der Waals surface area contributed by atoms with E-state index in [0.717, 1.165) is 6.08 Å². The Morgan fingerprint density at radius 2 is 2.20 bits per heavy atom. The van der Waals surface area contributed by atoms with Crippen LogP contribution in [0.1, 0.15) is 6.92 Å². The summed E-state index contributed by atoms with van der Waals surface area (Å²) in [6, 6.07) is -0.856. The van der Waals surface area contributed by atoms with Crippen LogP contribution in [-0.4, -0.2) is 23.0 Å². The second-order valence-corrected chi connectivity index (χ2v) is 1.77. The normalized spacial score (nSPS) is 11.7. The van der Waals surface area contributed by atoms with Crippen LogP contribution in [0.2, 0.25) is 0 Å². The Labute approximate surface area is 58.5 Å². The number of hydrogen-bond acceptors (Lipinski definition) is 2. The van der Waals surface area contributed by atoms with E-state index in [9.17, 15) is 9.59 Å². The fraction of sp³-hybridized carbons (Fsp3) is 0.333. The van der Waals surface area contributed by atoms with Crippen molar-refractivity contribution in [3.05, 3.63) is 12.7 Å². The number of rotatable bonds is 3. The maximum Gasteiger partial charge on any atom is 0.325 e. The molecule has 0 heterocycles. The van der Waals surface area contributed by atoms with Crippen LogP contribution < -0.4 is 5.32 Å². The van der Waals surface area contributed by atoms with Crippen molar-refractivity contribution in [2.45, 2.75) is 13.0 Å². The first-order valence-electron chi connectivity index (χ1n) is 2.73. The van der Waals surface area contributed by atoms with Gasteiger partial charge in [-0.3, -0.25) is 9.59 Å². The molecular weight excluding hydrogens is 134 g/mol. The highest BCUT2D eigenvalue weighted by molar-refractivity contribution is 5.90. The van der Waals surface area contributed by atoms with E-state index in [1.54, 1.807) is 0 Å². The van der Waals surface area contributed by atoms with E-state index in [2.05, 4.69) is 11.9 Å². The third-order valence-electron chi connectivity index (χ3n) is 0.915. The van der Waals surface area contributed by atoms with Gasteiger partial charge in [0.05, 0.1) is 0 Å². The van der Waals surface area contributed by atoms with Crippen molar-refractivity contribution >= 4 is 11.9 Å². The minimum absolute atomic E-state index is 0.477. The smallest absolute Gasteiger partial charge is 0.325 e. The summed E-state index contributed by atoms with van der Waals surface area (Å²) in [4.78, 5) is 20.5. The molecule has 2 N–H and O–H groups in total. The average Bonchev–Trinajstić information content (AvgIpc) is 1.87. The standard InChI is InChI=1S/C6H9NO3/c1-3-5(8)7-4(2)6(9)10/h3-4H,1H2,2H3,(H,7,8)(H,9,10)/t4-/m0/s1. The molecule has 0 aliphatic rings. The summed E-state index contributed by atoms with van der Waals surface area (Å²) in [5.74, 6) is -1.54. The van der Waals surface area contributed by atoms with Gasteiger partial charge in [0.25, 0.3) is 0 Å². The van der Waals surface area contributed by atoms with E-state index >= 15 is 0 Å². The first kappa shape index (κ1) is 8.68. The Bertz CT molecular complexity index is 164. The zero-order valence-corrected chi connectivity index (χ0v) is 5.63. The van der Waals surface area contributed by atoms with Crippen LogP contribution in [0.5, 0.6) is 0 Å². The molecule has 0 spiro atoms. The highest BCUT2D eigenvalue weighted by Crippen LogP contribution is 1.80. The Morgan fingerprint density at radius 3 is 2.50 bits per heavy atom. The molecule has 4 nitrogen and oxygen atoms in total.